The predicted molar refractivity (Wildman–Crippen MR) is 121 cm³/mol. The van der Waals surface area contributed by atoms with Crippen LogP contribution in [0.5, 0.6) is 0 Å². The molecule has 34 heavy (non-hydrogen) atoms. The lowest BCUT2D eigenvalue weighted by molar-refractivity contribution is -0.959. The number of furan rings is 1. The molecule has 6 rings (SSSR count). The third kappa shape index (κ3) is 4.51. The number of hydrogen-bond donors (Lipinski definition) is 0. The van der Waals surface area contributed by atoms with Gasteiger partial charge in [0.05, 0.1) is 18.5 Å². The highest BCUT2D eigenvalue weighted by Crippen LogP contribution is 2.43. The molecule has 4 heterocycles. The summed E-state index contributed by atoms with van der Waals surface area (Å²) in [6.45, 7) is 2.80. The Labute approximate surface area is 198 Å². The minimum Gasteiger partial charge on any atom is -0.455 e. The molecule has 4 aliphatic rings. The molecule has 2 aromatic rings. The molecule has 0 spiro atoms. The van der Waals surface area contributed by atoms with E-state index < -0.39 is 17.4 Å². The summed E-state index contributed by atoms with van der Waals surface area (Å²) in [4.78, 5) is 13.8. The van der Waals surface area contributed by atoms with Gasteiger partial charge in [0.15, 0.2) is 11.9 Å². The summed E-state index contributed by atoms with van der Waals surface area (Å²) in [5.41, 5.74) is 0.444. The smallest absolute Gasteiger partial charge is 0.449 e. The zero-order chi connectivity index (χ0) is 23.8. The number of quaternary nitrogens is 1. The van der Waals surface area contributed by atoms with Crippen LogP contribution in [0.2, 0.25) is 0 Å². The first kappa shape index (κ1) is 23.5. The molecule has 4 nitrogen and oxygen atoms in total. The molecule has 1 atom stereocenters. The fraction of sp³-hybridized carbons (Fsp3) is 0.593. The molecule has 3 saturated heterocycles. The van der Waals surface area contributed by atoms with Crippen LogP contribution in [0, 0.1) is 5.92 Å². The van der Waals surface area contributed by atoms with Gasteiger partial charge >= 0.3 is 12.1 Å². The van der Waals surface area contributed by atoms with Crippen molar-refractivity contribution in [2.24, 2.45) is 5.92 Å². The second-order valence-electron chi connectivity index (χ2n) is 10.5. The zero-order valence-corrected chi connectivity index (χ0v) is 19.5. The highest BCUT2D eigenvalue weighted by Gasteiger charge is 2.51. The Balaban J connectivity index is 1.34. The fourth-order valence-electron chi connectivity index (χ4n) is 6.47. The van der Waals surface area contributed by atoms with Crippen molar-refractivity contribution in [2.45, 2.75) is 75.6 Å². The number of rotatable bonds is 5. The third-order valence-electron chi connectivity index (χ3n) is 8.41. The van der Waals surface area contributed by atoms with Crippen LogP contribution in [0.3, 0.4) is 0 Å². The highest BCUT2D eigenvalue weighted by atomic mass is 19.4. The maximum Gasteiger partial charge on any atom is 0.449 e. The first-order valence-corrected chi connectivity index (χ1v) is 12.6. The molecule has 4 fully saturated rings. The molecule has 1 aromatic heterocycles. The minimum atomic E-state index is -4.48. The van der Waals surface area contributed by atoms with E-state index in [1.165, 1.54) is 6.07 Å². The lowest BCUT2D eigenvalue weighted by Crippen LogP contribution is -2.64. The van der Waals surface area contributed by atoms with Gasteiger partial charge < -0.3 is 13.6 Å². The van der Waals surface area contributed by atoms with Crippen molar-refractivity contribution in [3.8, 4) is 0 Å². The maximum atomic E-state index is 13.8. The molecule has 3 aliphatic heterocycles. The number of carbonyl (C=O) groups excluding carboxylic acids is 1. The monoisotopic (exact) mass is 476 g/mol. The van der Waals surface area contributed by atoms with E-state index in [4.69, 9.17) is 9.15 Å². The van der Waals surface area contributed by atoms with E-state index >= 15 is 0 Å². The average Bonchev–Trinajstić information content (AvgIpc) is 3.15. The Morgan fingerprint density at radius 1 is 1.00 bits per heavy atom. The van der Waals surface area contributed by atoms with E-state index in [0.717, 1.165) is 76.1 Å². The Hall–Kier alpha value is -2.28. The SMILES string of the molecule is O=C(O[C@H]1C[N+]2(Cc3ccc(C(F)(F)F)o3)CCC1CC2)C1(c2ccccc2)CCCCCC1. The van der Waals surface area contributed by atoms with Crippen LogP contribution in [-0.4, -0.2) is 36.2 Å². The summed E-state index contributed by atoms with van der Waals surface area (Å²) in [6, 6.07) is 12.5. The Morgan fingerprint density at radius 3 is 2.29 bits per heavy atom. The first-order valence-electron chi connectivity index (χ1n) is 12.6. The van der Waals surface area contributed by atoms with E-state index in [9.17, 15) is 18.0 Å². The summed E-state index contributed by atoms with van der Waals surface area (Å²) < 4.78 is 51.1. The van der Waals surface area contributed by atoms with E-state index in [1.54, 1.807) is 0 Å². The topological polar surface area (TPSA) is 39.4 Å². The molecule has 0 amide bonds. The van der Waals surface area contributed by atoms with E-state index in [2.05, 4.69) is 0 Å². The number of piperidine rings is 3. The van der Waals surface area contributed by atoms with Crippen LogP contribution in [0.25, 0.3) is 0 Å². The second-order valence-corrected chi connectivity index (χ2v) is 10.5. The second kappa shape index (κ2) is 9.06. The van der Waals surface area contributed by atoms with Gasteiger partial charge in [0.25, 0.3) is 0 Å². The van der Waals surface area contributed by atoms with E-state index in [1.807, 2.05) is 30.3 Å². The van der Waals surface area contributed by atoms with Crippen LogP contribution in [0.15, 0.2) is 46.9 Å². The normalized spacial score (nSPS) is 28.9. The van der Waals surface area contributed by atoms with Crippen molar-refractivity contribution in [3.05, 3.63) is 59.5 Å². The van der Waals surface area contributed by atoms with Gasteiger partial charge in [0, 0.05) is 18.8 Å². The van der Waals surface area contributed by atoms with Crippen molar-refractivity contribution in [2.75, 3.05) is 19.6 Å². The van der Waals surface area contributed by atoms with Crippen LogP contribution < -0.4 is 0 Å². The van der Waals surface area contributed by atoms with Crippen molar-refractivity contribution < 1.29 is 31.6 Å². The number of hydrogen-bond acceptors (Lipinski definition) is 3. The van der Waals surface area contributed by atoms with Gasteiger partial charge in [-0.25, -0.2) is 0 Å². The summed E-state index contributed by atoms with van der Waals surface area (Å²) in [6.07, 6.45) is 3.07. The maximum absolute atomic E-state index is 13.8. The number of carbonyl (C=O) groups is 1. The van der Waals surface area contributed by atoms with Gasteiger partial charge in [-0.1, -0.05) is 56.0 Å². The van der Waals surface area contributed by atoms with Crippen molar-refractivity contribution in [1.29, 1.82) is 0 Å². The largest absolute Gasteiger partial charge is 0.455 e. The Morgan fingerprint density at radius 2 is 1.68 bits per heavy atom. The number of halogens is 3. The molecule has 1 aliphatic carbocycles. The first-order chi connectivity index (χ1) is 16.3. The molecular weight excluding hydrogens is 443 g/mol. The minimum absolute atomic E-state index is 0.116. The summed E-state index contributed by atoms with van der Waals surface area (Å²) in [7, 11) is 0. The van der Waals surface area contributed by atoms with Gasteiger partial charge in [-0.05, 0) is 30.5 Å². The van der Waals surface area contributed by atoms with Crippen LogP contribution >= 0.6 is 0 Å². The van der Waals surface area contributed by atoms with E-state index in [0.29, 0.717) is 29.3 Å². The molecule has 2 bridgehead atoms. The quantitative estimate of drug-likeness (QED) is 0.291. The van der Waals surface area contributed by atoms with Crippen LogP contribution in [-0.2, 0) is 27.7 Å². The molecule has 0 N–H and O–H groups in total. The number of ether oxygens (including phenoxy) is 1. The number of benzene rings is 1. The average molecular weight is 477 g/mol. The van der Waals surface area contributed by atoms with Gasteiger partial charge in [-0.2, -0.15) is 13.2 Å². The lowest BCUT2D eigenvalue weighted by atomic mass is 9.74. The summed E-state index contributed by atoms with van der Waals surface area (Å²) in [5, 5.41) is 0. The Kier molecular flexibility index (Phi) is 6.25. The molecule has 1 saturated carbocycles. The predicted octanol–water partition coefficient (Wildman–Crippen LogP) is 6.24. The van der Waals surface area contributed by atoms with Crippen molar-refractivity contribution in [3.63, 3.8) is 0 Å². The van der Waals surface area contributed by atoms with Crippen LogP contribution in [0.1, 0.15) is 68.5 Å². The lowest BCUT2D eigenvalue weighted by Gasteiger charge is -2.52. The van der Waals surface area contributed by atoms with Gasteiger partial charge in [0.1, 0.15) is 13.1 Å². The van der Waals surface area contributed by atoms with Gasteiger partial charge in [-0.3, -0.25) is 4.79 Å². The van der Waals surface area contributed by atoms with Crippen molar-refractivity contribution in [1.82, 2.24) is 0 Å². The van der Waals surface area contributed by atoms with Crippen molar-refractivity contribution >= 4 is 5.97 Å². The molecule has 184 valence electrons. The number of fused-ring (bicyclic) bond motifs is 3. The number of nitrogens with zero attached hydrogens (tertiary/aromatic N) is 1. The number of alkyl halides is 3. The molecule has 0 radical (unpaired) electrons. The van der Waals surface area contributed by atoms with Gasteiger partial charge in [-0.15, -0.1) is 0 Å². The standard InChI is InChI=1S/C27H33F3NO3/c28-27(29,30)24-11-10-22(33-24)18-31-16-12-20(13-17-31)23(19-31)34-25(32)26(14-6-1-2-7-15-26)21-8-4-3-5-9-21/h3-5,8-11,20,23H,1-2,6-7,12-19H2/q+1/t20?,23-,31?/m0/s1. The zero-order valence-electron chi connectivity index (χ0n) is 19.5. The molecule has 0 unspecified atom stereocenters. The molecule has 1 aromatic carbocycles. The van der Waals surface area contributed by atoms with E-state index in [-0.39, 0.29) is 12.1 Å². The third-order valence-corrected chi connectivity index (χ3v) is 8.41. The molecular formula is C27H33F3NO3+. The highest BCUT2D eigenvalue weighted by molar-refractivity contribution is 5.83. The summed E-state index contributed by atoms with van der Waals surface area (Å²) >= 11 is 0. The van der Waals surface area contributed by atoms with Gasteiger partial charge in [0.2, 0.25) is 5.76 Å². The molecule has 7 heteroatoms. The number of esters is 1. The Bertz CT molecular complexity index is 984. The van der Waals surface area contributed by atoms with Crippen LogP contribution in [0.4, 0.5) is 13.2 Å². The fourth-order valence-corrected chi connectivity index (χ4v) is 6.47. The summed E-state index contributed by atoms with van der Waals surface area (Å²) in [5.74, 6) is -0.393.